The summed E-state index contributed by atoms with van der Waals surface area (Å²) in [5.41, 5.74) is 0.102. The lowest BCUT2D eigenvalue weighted by molar-refractivity contribution is -0.119. The Hall–Kier alpha value is -1.56. The van der Waals surface area contributed by atoms with Crippen molar-refractivity contribution >= 4 is 23.2 Å². The lowest BCUT2D eigenvalue weighted by Gasteiger charge is -2.40. The van der Waals surface area contributed by atoms with Crippen LogP contribution in [0.2, 0.25) is 0 Å². The number of carbonyl (C=O) groups excluding carboxylic acids is 1. The van der Waals surface area contributed by atoms with Gasteiger partial charge in [-0.15, -0.1) is 11.3 Å². The minimum absolute atomic E-state index is 0.102. The van der Waals surface area contributed by atoms with E-state index in [1.165, 1.54) is 9.75 Å². The van der Waals surface area contributed by atoms with Gasteiger partial charge in [-0.05, 0) is 31.4 Å². The highest BCUT2D eigenvalue weighted by Gasteiger charge is 2.42. The second kappa shape index (κ2) is 6.91. The van der Waals surface area contributed by atoms with Crippen LogP contribution in [0.1, 0.15) is 35.9 Å². The molecule has 3 rings (SSSR count). The van der Waals surface area contributed by atoms with Crippen LogP contribution in [0, 0.1) is 5.41 Å². The average Bonchev–Trinajstić information content (AvgIpc) is 3.15. The molecule has 3 heterocycles. The zero-order valence-corrected chi connectivity index (χ0v) is 14.8. The van der Waals surface area contributed by atoms with Crippen molar-refractivity contribution in [2.45, 2.75) is 39.2 Å². The number of rotatable bonds is 3. The van der Waals surface area contributed by atoms with Crippen LogP contribution in [0.15, 0.2) is 17.1 Å². The summed E-state index contributed by atoms with van der Waals surface area (Å²) in [6.45, 7) is 5.74. The molecule has 2 N–H and O–H groups in total. The van der Waals surface area contributed by atoms with Gasteiger partial charge in [0.25, 0.3) is 0 Å². The highest BCUT2D eigenvalue weighted by atomic mass is 32.1. The van der Waals surface area contributed by atoms with Crippen molar-refractivity contribution in [2.24, 2.45) is 10.4 Å². The largest absolute Gasteiger partial charge is 0.355 e. The monoisotopic (exact) mass is 334 g/mol. The molecule has 2 aliphatic rings. The molecule has 2 aliphatic heterocycles. The van der Waals surface area contributed by atoms with E-state index in [0.29, 0.717) is 6.42 Å². The molecule has 5 nitrogen and oxygen atoms in total. The number of aliphatic imine (C=N–C) groups is 1. The van der Waals surface area contributed by atoms with Gasteiger partial charge in [-0.2, -0.15) is 0 Å². The van der Waals surface area contributed by atoms with Crippen LogP contribution in [0.25, 0.3) is 0 Å². The van der Waals surface area contributed by atoms with Gasteiger partial charge >= 0.3 is 0 Å². The number of amides is 1. The van der Waals surface area contributed by atoms with E-state index in [1.54, 1.807) is 0 Å². The van der Waals surface area contributed by atoms with Gasteiger partial charge in [0.15, 0.2) is 5.96 Å². The normalized spacial score (nSPS) is 25.0. The van der Waals surface area contributed by atoms with Gasteiger partial charge in [0.1, 0.15) is 0 Å². The molecule has 1 aromatic rings. The molecule has 6 heteroatoms. The molecule has 0 aromatic carbocycles. The second-order valence-electron chi connectivity index (χ2n) is 6.60. The topological polar surface area (TPSA) is 56.7 Å². The van der Waals surface area contributed by atoms with E-state index in [2.05, 4.69) is 39.6 Å². The van der Waals surface area contributed by atoms with Gasteiger partial charge in [-0.3, -0.25) is 9.79 Å². The number of hydrogen-bond acceptors (Lipinski definition) is 3. The number of likely N-dealkylation sites (tertiary alicyclic amines) is 1. The Bertz CT molecular complexity index is 597. The lowest BCUT2D eigenvalue weighted by atomic mass is 9.79. The van der Waals surface area contributed by atoms with Crippen molar-refractivity contribution in [1.29, 1.82) is 0 Å². The van der Waals surface area contributed by atoms with E-state index in [1.807, 2.05) is 18.4 Å². The van der Waals surface area contributed by atoms with Crippen molar-refractivity contribution in [1.82, 2.24) is 15.5 Å². The van der Waals surface area contributed by atoms with Gasteiger partial charge in [0.05, 0.1) is 6.54 Å². The van der Waals surface area contributed by atoms with Gasteiger partial charge < -0.3 is 15.5 Å². The Kier molecular flexibility index (Phi) is 4.90. The fourth-order valence-electron chi connectivity index (χ4n) is 3.63. The minimum Gasteiger partial charge on any atom is -0.355 e. The van der Waals surface area contributed by atoms with E-state index < -0.39 is 0 Å². The second-order valence-corrected chi connectivity index (χ2v) is 7.85. The van der Waals surface area contributed by atoms with Crippen molar-refractivity contribution in [2.75, 3.05) is 26.7 Å². The Labute approximate surface area is 142 Å². The fraction of sp³-hybridized carbons (Fsp3) is 0.647. The smallest absolute Gasteiger partial charge is 0.220 e. The summed E-state index contributed by atoms with van der Waals surface area (Å²) in [5.74, 6) is 1.15. The predicted molar refractivity (Wildman–Crippen MR) is 94.8 cm³/mol. The van der Waals surface area contributed by atoms with Crippen LogP contribution in [0.3, 0.4) is 0 Å². The fourth-order valence-corrected chi connectivity index (χ4v) is 4.53. The zero-order valence-electron chi connectivity index (χ0n) is 14.0. The van der Waals surface area contributed by atoms with Gasteiger partial charge in [0.2, 0.25) is 5.91 Å². The summed E-state index contributed by atoms with van der Waals surface area (Å²) in [4.78, 5) is 21.2. The zero-order chi connectivity index (χ0) is 16.3. The number of guanidine groups is 1. The maximum Gasteiger partial charge on any atom is 0.220 e. The van der Waals surface area contributed by atoms with E-state index in [4.69, 9.17) is 0 Å². The third-order valence-electron chi connectivity index (χ3n) is 4.86. The standard InChI is InChI=1S/C17H26N4OS/c1-3-13-5-6-14(23-13)10-19-16(18-2)21-8-4-7-17(12-21)9-15(22)20-11-17/h5-6H,3-4,7-12H2,1-2H3,(H,18,19)(H,20,22). The van der Waals surface area contributed by atoms with E-state index >= 15 is 0 Å². The van der Waals surface area contributed by atoms with Crippen molar-refractivity contribution in [3.05, 3.63) is 21.9 Å². The summed E-state index contributed by atoms with van der Waals surface area (Å²) < 4.78 is 0. The number of carbonyl (C=O) groups is 1. The van der Waals surface area contributed by atoms with Crippen molar-refractivity contribution < 1.29 is 4.79 Å². The highest BCUT2D eigenvalue weighted by Crippen LogP contribution is 2.36. The molecule has 1 unspecified atom stereocenters. The Balaban J connectivity index is 1.60. The molecular weight excluding hydrogens is 308 g/mol. The van der Waals surface area contributed by atoms with E-state index in [0.717, 1.165) is 51.4 Å². The van der Waals surface area contributed by atoms with Gasteiger partial charge in [-0.1, -0.05) is 6.92 Å². The summed E-state index contributed by atoms with van der Waals surface area (Å²) >= 11 is 1.86. The lowest BCUT2D eigenvalue weighted by Crippen LogP contribution is -2.51. The highest BCUT2D eigenvalue weighted by molar-refractivity contribution is 7.11. The first-order chi connectivity index (χ1) is 11.1. The molecule has 126 valence electrons. The Morgan fingerprint density at radius 3 is 2.96 bits per heavy atom. The van der Waals surface area contributed by atoms with Gasteiger partial charge in [0, 0.05) is 48.3 Å². The minimum atomic E-state index is 0.102. The third-order valence-corrected chi connectivity index (χ3v) is 6.08. The van der Waals surface area contributed by atoms with E-state index in [9.17, 15) is 4.79 Å². The van der Waals surface area contributed by atoms with Crippen LogP contribution in [0.4, 0.5) is 0 Å². The van der Waals surface area contributed by atoms with Crippen LogP contribution in [0.5, 0.6) is 0 Å². The number of nitrogens with zero attached hydrogens (tertiary/aromatic N) is 2. The molecule has 23 heavy (non-hydrogen) atoms. The molecule has 0 aliphatic carbocycles. The maximum atomic E-state index is 11.6. The quantitative estimate of drug-likeness (QED) is 0.656. The Morgan fingerprint density at radius 2 is 2.30 bits per heavy atom. The summed E-state index contributed by atoms with van der Waals surface area (Å²) in [6, 6.07) is 4.40. The first-order valence-electron chi connectivity index (χ1n) is 8.44. The molecule has 1 amide bonds. The van der Waals surface area contributed by atoms with Crippen LogP contribution >= 0.6 is 11.3 Å². The van der Waals surface area contributed by atoms with Crippen LogP contribution in [-0.2, 0) is 17.8 Å². The first-order valence-corrected chi connectivity index (χ1v) is 9.26. The summed E-state index contributed by atoms with van der Waals surface area (Å²) in [6.07, 6.45) is 4.00. The SMILES string of the molecule is CCc1ccc(CNC(=NC)N2CCCC3(CNC(=O)C3)C2)s1. The molecule has 2 saturated heterocycles. The van der Waals surface area contributed by atoms with E-state index in [-0.39, 0.29) is 11.3 Å². The van der Waals surface area contributed by atoms with Crippen LogP contribution in [-0.4, -0.2) is 43.4 Å². The predicted octanol–water partition coefficient (Wildman–Crippen LogP) is 1.99. The van der Waals surface area contributed by atoms with Crippen LogP contribution < -0.4 is 10.6 Å². The third kappa shape index (κ3) is 3.68. The maximum absolute atomic E-state index is 11.6. The Morgan fingerprint density at radius 1 is 1.48 bits per heavy atom. The molecule has 1 atom stereocenters. The first kappa shape index (κ1) is 16.3. The van der Waals surface area contributed by atoms with Crippen molar-refractivity contribution in [3.63, 3.8) is 0 Å². The molecule has 0 bridgehead atoms. The number of nitrogens with one attached hydrogen (secondary N) is 2. The molecule has 0 radical (unpaired) electrons. The van der Waals surface area contributed by atoms with Crippen molar-refractivity contribution in [3.8, 4) is 0 Å². The number of piperidine rings is 1. The van der Waals surface area contributed by atoms with Gasteiger partial charge in [-0.25, -0.2) is 0 Å². The molecule has 0 saturated carbocycles. The molecule has 1 spiro atoms. The summed E-state index contributed by atoms with van der Waals surface area (Å²) in [7, 11) is 1.84. The number of thiophene rings is 1. The number of aryl methyl sites for hydroxylation is 1. The molecule has 2 fully saturated rings. The summed E-state index contributed by atoms with van der Waals surface area (Å²) in [5, 5.41) is 6.49. The molecular formula is C17H26N4OS. The average molecular weight is 334 g/mol. The molecule has 1 aromatic heterocycles. The number of hydrogen-bond donors (Lipinski definition) is 2.